The summed E-state index contributed by atoms with van der Waals surface area (Å²) >= 11 is 1.69. The highest BCUT2D eigenvalue weighted by Gasteiger charge is 2.09. The first-order valence-corrected chi connectivity index (χ1v) is 9.98. The van der Waals surface area contributed by atoms with E-state index < -0.39 is 5.82 Å². The molecule has 4 nitrogen and oxygen atoms in total. The Bertz CT molecular complexity index is 1120. The lowest BCUT2D eigenvalue weighted by Crippen LogP contribution is -2.14. The van der Waals surface area contributed by atoms with Gasteiger partial charge in [0, 0.05) is 12.1 Å². The smallest absolute Gasteiger partial charge is 0.228 e. The zero-order valence-electron chi connectivity index (χ0n) is 15.8. The number of anilines is 1. The zero-order valence-corrected chi connectivity index (χ0v) is 16.6. The molecular weight excluding hydrogens is 387 g/mol. The largest absolute Gasteiger partial charge is 0.494 e. The van der Waals surface area contributed by atoms with Gasteiger partial charge in [0.05, 0.1) is 28.8 Å². The molecule has 0 bridgehead atoms. The van der Waals surface area contributed by atoms with Crippen molar-refractivity contribution in [3.05, 3.63) is 88.7 Å². The molecule has 0 saturated heterocycles. The minimum Gasteiger partial charge on any atom is -0.494 e. The van der Waals surface area contributed by atoms with E-state index >= 15 is 0 Å². The van der Waals surface area contributed by atoms with Crippen LogP contribution in [0.15, 0.2) is 66.7 Å². The van der Waals surface area contributed by atoms with E-state index in [1.54, 1.807) is 17.4 Å². The zero-order chi connectivity index (χ0) is 20.2. The molecule has 1 amide bonds. The number of halogens is 1. The highest BCUT2D eigenvalue weighted by Crippen LogP contribution is 2.24. The molecule has 29 heavy (non-hydrogen) atoms. The van der Waals surface area contributed by atoms with Gasteiger partial charge in [0.25, 0.3) is 0 Å². The van der Waals surface area contributed by atoms with Crippen LogP contribution in [0.3, 0.4) is 0 Å². The van der Waals surface area contributed by atoms with Crippen LogP contribution in [0.2, 0.25) is 0 Å². The fourth-order valence-electron chi connectivity index (χ4n) is 3.09. The van der Waals surface area contributed by atoms with E-state index in [4.69, 9.17) is 4.74 Å². The van der Waals surface area contributed by atoms with Crippen molar-refractivity contribution in [1.82, 2.24) is 4.98 Å². The van der Waals surface area contributed by atoms with Crippen LogP contribution < -0.4 is 10.1 Å². The van der Waals surface area contributed by atoms with Gasteiger partial charge in [-0.05, 0) is 47.5 Å². The normalized spacial score (nSPS) is 10.8. The van der Waals surface area contributed by atoms with Crippen LogP contribution in [0.4, 0.5) is 10.1 Å². The van der Waals surface area contributed by atoms with Crippen molar-refractivity contribution in [2.75, 3.05) is 12.4 Å². The Morgan fingerprint density at radius 2 is 1.83 bits per heavy atom. The van der Waals surface area contributed by atoms with Crippen LogP contribution in [0.1, 0.15) is 16.1 Å². The molecule has 1 aromatic heterocycles. The van der Waals surface area contributed by atoms with Gasteiger partial charge in [-0.3, -0.25) is 4.79 Å². The van der Waals surface area contributed by atoms with Crippen molar-refractivity contribution < 1.29 is 13.9 Å². The number of carbonyl (C=O) groups is 1. The predicted octanol–water partition coefficient (Wildman–Crippen LogP) is 5.22. The van der Waals surface area contributed by atoms with Gasteiger partial charge in [-0.1, -0.05) is 30.3 Å². The summed E-state index contributed by atoms with van der Waals surface area (Å²) in [6, 6.07) is 20.3. The Kier molecular flexibility index (Phi) is 5.53. The first-order valence-electron chi connectivity index (χ1n) is 9.16. The maximum absolute atomic E-state index is 13.8. The lowest BCUT2D eigenvalue weighted by molar-refractivity contribution is -0.115. The van der Waals surface area contributed by atoms with Gasteiger partial charge in [0.15, 0.2) is 11.6 Å². The molecule has 0 unspecified atom stereocenters. The predicted molar refractivity (Wildman–Crippen MR) is 114 cm³/mol. The van der Waals surface area contributed by atoms with Crippen LogP contribution in [0.5, 0.6) is 5.75 Å². The lowest BCUT2D eigenvalue weighted by Gasteiger charge is -2.08. The molecule has 0 saturated carbocycles. The third-order valence-corrected chi connectivity index (χ3v) is 5.55. The minimum atomic E-state index is -0.475. The number of nitrogens with one attached hydrogen (secondary N) is 1. The molecule has 1 N–H and O–H groups in total. The average molecular weight is 406 g/mol. The molecule has 4 rings (SSSR count). The van der Waals surface area contributed by atoms with E-state index in [0.29, 0.717) is 11.3 Å². The van der Waals surface area contributed by atoms with Gasteiger partial charge in [-0.25, -0.2) is 9.37 Å². The molecule has 0 radical (unpaired) electrons. The third-order valence-electron chi connectivity index (χ3n) is 4.51. The standard InChI is InChI=1S/C23H19FN2O2S/c1-28-20-11-8-16(12-18(20)24)13-22(27)25-17-9-6-15(7-10-17)14-23-26-19-4-2-3-5-21(19)29-23/h2-12H,13-14H2,1H3,(H,25,27). The minimum absolute atomic E-state index is 0.0916. The molecule has 1 heterocycles. The molecule has 6 heteroatoms. The quantitative estimate of drug-likeness (QED) is 0.478. The molecule has 0 aliphatic carbocycles. The molecule has 0 atom stereocenters. The SMILES string of the molecule is COc1ccc(CC(=O)Nc2ccc(Cc3nc4ccccc4s3)cc2)cc1F. The summed E-state index contributed by atoms with van der Waals surface area (Å²) in [4.78, 5) is 16.9. The maximum Gasteiger partial charge on any atom is 0.228 e. The second-order valence-electron chi connectivity index (χ2n) is 6.64. The van der Waals surface area contributed by atoms with Crippen LogP contribution in [-0.4, -0.2) is 18.0 Å². The number of nitrogens with zero attached hydrogens (tertiary/aromatic N) is 1. The maximum atomic E-state index is 13.8. The Hall–Kier alpha value is -3.25. The van der Waals surface area contributed by atoms with Crippen molar-refractivity contribution in [3.8, 4) is 5.75 Å². The second-order valence-corrected chi connectivity index (χ2v) is 7.76. The Morgan fingerprint density at radius 1 is 1.07 bits per heavy atom. The van der Waals surface area contributed by atoms with Crippen LogP contribution >= 0.6 is 11.3 Å². The number of fused-ring (bicyclic) bond motifs is 1. The summed E-state index contributed by atoms with van der Waals surface area (Å²) in [6.07, 6.45) is 0.840. The fourth-order valence-corrected chi connectivity index (χ4v) is 4.09. The highest BCUT2D eigenvalue weighted by atomic mass is 32.1. The number of thiazole rings is 1. The first kappa shape index (κ1) is 19.1. The summed E-state index contributed by atoms with van der Waals surface area (Å²) < 4.78 is 19.8. The fraction of sp³-hybridized carbons (Fsp3) is 0.130. The van der Waals surface area contributed by atoms with E-state index in [1.165, 1.54) is 23.9 Å². The Labute approximate surface area is 172 Å². The summed E-state index contributed by atoms with van der Waals surface area (Å²) in [5.41, 5.74) is 3.44. The Balaban J connectivity index is 1.37. The summed E-state index contributed by atoms with van der Waals surface area (Å²) in [7, 11) is 1.41. The number of aromatic nitrogens is 1. The van der Waals surface area contributed by atoms with E-state index in [0.717, 1.165) is 22.5 Å². The molecule has 146 valence electrons. The van der Waals surface area contributed by atoms with Gasteiger partial charge >= 0.3 is 0 Å². The number of amides is 1. The van der Waals surface area contributed by atoms with Crippen molar-refractivity contribution >= 4 is 33.1 Å². The molecule has 3 aromatic carbocycles. The van der Waals surface area contributed by atoms with Gasteiger partial charge in [0.1, 0.15) is 0 Å². The molecular formula is C23H19FN2O2S. The van der Waals surface area contributed by atoms with Crippen molar-refractivity contribution in [3.63, 3.8) is 0 Å². The summed E-state index contributed by atoms with van der Waals surface area (Å²) in [5, 5.41) is 3.91. The summed E-state index contributed by atoms with van der Waals surface area (Å²) in [6.45, 7) is 0. The topological polar surface area (TPSA) is 51.2 Å². The number of benzene rings is 3. The average Bonchev–Trinajstić information content (AvgIpc) is 3.12. The van der Waals surface area contributed by atoms with Crippen molar-refractivity contribution in [2.45, 2.75) is 12.8 Å². The van der Waals surface area contributed by atoms with E-state index in [9.17, 15) is 9.18 Å². The molecule has 0 aliphatic rings. The lowest BCUT2D eigenvalue weighted by atomic mass is 10.1. The number of para-hydroxylation sites is 1. The number of carbonyl (C=O) groups excluding carboxylic acids is 1. The monoisotopic (exact) mass is 406 g/mol. The molecule has 0 aliphatic heterocycles. The molecule has 0 spiro atoms. The highest BCUT2D eigenvalue weighted by molar-refractivity contribution is 7.18. The van der Waals surface area contributed by atoms with Gasteiger partial charge < -0.3 is 10.1 Å². The number of methoxy groups -OCH3 is 1. The van der Waals surface area contributed by atoms with Crippen molar-refractivity contribution in [1.29, 1.82) is 0 Å². The van der Waals surface area contributed by atoms with Gasteiger partial charge in [-0.15, -0.1) is 11.3 Å². The van der Waals surface area contributed by atoms with E-state index in [2.05, 4.69) is 16.4 Å². The third kappa shape index (κ3) is 4.60. The van der Waals surface area contributed by atoms with Gasteiger partial charge in [-0.2, -0.15) is 0 Å². The van der Waals surface area contributed by atoms with Crippen LogP contribution in [-0.2, 0) is 17.6 Å². The number of hydrogen-bond donors (Lipinski definition) is 1. The number of ether oxygens (including phenoxy) is 1. The van der Waals surface area contributed by atoms with Crippen LogP contribution in [0, 0.1) is 5.82 Å². The molecule has 0 fully saturated rings. The number of rotatable bonds is 6. The summed E-state index contributed by atoms with van der Waals surface area (Å²) in [5.74, 6) is -0.511. The van der Waals surface area contributed by atoms with Crippen LogP contribution in [0.25, 0.3) is 10.2 Å². The van der Waals surface area contributed by atoms with E-state index in [-0.39, 0.29) is 18.1 Å². The van der Waals surface area contributed by atoms with Crippen molar-refractivity contribution in [2.24, 2.45) is 0 Å². The Morgan fingerprint density at radius 3 is 2.55 bits per heavy atom. The first-order chi connectivity index (χ1) is 14.1. The number of hydrogen-bond acceptors (Lipinski definition) is 4. The molecule has 4 aromatic rings. The second kappa shape index (κ2) is 8.41. The van der Waals surface area contributed by atoms with Gasteiger partial charge in [0.2, 0.25) is 5.91 Å². The van der Waals surface area contributed by atoms with E-state index in [1.807, 2.05) is 42.5 Å².